The van der Waals surface area contributed by atoms with Crippen molar-refractivity contribution in [1.82, 2.24) is 9.78 Å². The van der Waals surface area contributed by atoms with Crippen molar-refractivity contribution < 1.29 is 27.6 Å². The fraction of sp³-hybridized carbons (Fsp3) is 0.412. The predicted octanol–water partition coefficient (Wildman–Crippen LogP) is 2.78. The molecule has 0 saturated heterocycles. The van der Waals surface area contributed by atoms with E-state index in [4.69, 9.17) is 5.73 Å². The minimum atomic E-state index is -4.81. The van der Waals surface area contributed by atoms with Gasteiger partial charge in [-0.1, -0.05) is 0 Å². The smallest absolute Gasteiger partial charge is 0.365 e. The molecule has 11 heteroatoms. The first-order valence-electron chi connectivity index (χ1n) is 8.47. The topological polar surface area (TPSA) is 107 Å². The normalized spacial score (nSPS) is 13.9. The lowest BCUT2D eigenvalue weighted by Crippen LogP contribution is -2.22. The molecule has 0 aromatic carbocycles. The standard InChI is InChI=1S/C17H17F3N4O3S/c1-8(25)10-6-24(23-14(10)17(18,19)20)7-12(26)22-16-13(15(21)27)9-4-2-3-5-11(9)28-16/h6H,2-5,7H2,1H3,(H2,21,27)(H,22,26). The number of nitrogens with two attached hydrogens (primary N) is 1. The summed E-state index contributed by atoms with van der Waals surface area (Å²) in [6, 6.07) is 0. The molecular weight excluding hydrogens is 397 g/mol. The molecule has 0 atom stereocenters. The Bertz CT molecular complexity index is 962. The van der Waals surface area contributed by atoms with Crippen molar-refractivity contribution >= 4 is 33.9 Å². The van der Waals surface area contributed by atoms with Crippen LogP contribution in [0.5, 0.6) is 0 Å². The average Bonchev–Trinajstić information content (AvgIpc) is 3.15. The number of fused-ring (bicyclic) bond motifs is 1. The van der Waals surface area contributed by atoms with Gasteiger partial charge in [-0.25, -0.2) is 0 Å². The Morgan fingerprint density at radius 3 is 2.54 bits per heavy atom. The first-order chi connectivity index (χ1) is 13.1. The second-order valence-electron chi connectivity index (χ2n) is 6.47. The Hall–Kier alpha value is -2.69. The summed E-state index contributed by atoms with van der Waals surface area (Å²) in [6.45, 7) is 0.448. The molecule has 1 aliphatic rings. The number of nitrogens with zero attached hydrogens (tertiary/aromatic N) is 2. The molecule has 2 heterocycles. The van der Waals surface area contributed by atoms with Crippen molar-refractivity contribution in [3.05, 3.63) is 33.5 Å². The third kappa shape index (κ3) is 3.93. The number of aryl methyl sites for hydroxylation is 1. The maximum atomic E-state index is 13.0. The van der Waals surface area contributed by atoms with Crippen LogP contribution in [0.25, 0.3) is 0 Å². The van der Waals surface area contributed by atoms with Crippen LogP contribution in [0.2, 0.25) is 0 Å². The molecule has 2 aromatic rings. The number of aromatic nitrogens is 2. The van der Waals surface area contributed by atoms with Gasteiger partial charge in [0.25, 0.3) is 5.91 Å². The van der Waals surface area contributed by atoms with Gasteiger partial charge in [0.2, 0.25) is 5.91 Å². The quantitative estimate of drug-likeness (QED) is 0.734. The van der Waals surface area contributed by atoms with Gasteiger partial charge in [0, 0.05) is 11.1 Å². The molecule has 3 rings (SSSR count). The van der Waals surface area contributed by atoms with E-state index >= 15 is 0 Å². The van der Waals surface area contributed by atoms with E-state index in [1.165, 1.54) is 11.3 Å². The Kier molecular flexibility index (Phi) is 5.28. The minimum absolute atomic E-state index is 0.258. The molecule has 0 unspecified atom stereocenters. The lowest BCUT2D eigenvalue weighted by atomic mass is 9.95. The van der Waals surface area contributed by atoms with Gasteiger partial charge in [-0.2, -0.15) is 18.3 Å². The summed E-state index contributed by atoms with van der Waals surface area (Å²) >= 11 is 1.25. The number of thiophene rings is 1. The molecule has 150 valence electrons. The maximum Gasteiger partial charge on any atom is 0.435 e. The molecule has 28 heavy (non-hydrogen) atoms. The zero-order valence-electron chi connectivity index (χ0n) is 14.9. The van der Waals surface area contributed by atoms with Gasteiger partial charge in [0.1, 0.15) is 11.5 Å². The molecule has 0 fully saturated rings. The van der Waals surface area contributed by atoms with Crippen LogP contribution in [-0.2, 0) is 30.4 Å². The van der Waals surface area contributed by atoms with E-state index < -0.39 is 41.6 Å². The fourth-order valence-electron chi connectivity index (χ4n) is 3.20. The van der Waals surface area contributed by atoms with Crippen molar-refractivity contribution in [3.8, 4) is 0 Å². The molecule has 2 amide bonds. The lowest BCUT2D eigenvalue weighted by molar-refractivity contribution is -0.142. The number of nitrogens with one attached hydrogen (secondary N) is 1. The van der Waals surface area contributed by atoms with Gasteiger partial charge < -0.3 is 11.1 Å². The molecule has 0 aliphatic heterocycles. The first-order valence-corrected chi connectivity index (χ1v) is 9.29. The second kappa shape index (κ2) is 7.38. The highest BCUT2D eigenvalue weighted by Gasteiger charge is 2.38. The van der Waals surface area contributed by atoms with E-state index in [-0.39, 0.29) is 5.56 Å². The third-order valence-corrected chi connectivity index (χ3v) is 5.59. The number of carbonyl (C=O) groups is 3. The Labute approximate surface area is 161 Å². The lowest BCUT2D eigenvalue weighted by Gasteiger charge is -2.11. The van der Waals surface area contributed by atoms with Crippen LogP contribution < -0.4 is 11.1 Å². The number of halogens is 3. The Balaban J connectivity index is 1.83. The zero-order valence-corrected chi connectivity index (χ0v) is 15.7. The van der Waals surface area contributed by atoms with Crippen LogP contribution in [0.1, 0.15) is 56.6 Å². The van der Waals surface area contributed by atoms with Gasteiger partial charge in [-0.15, -0.1) is 11.3 Å². The number of Topliss-reactive ketones (excluding diaryl/α,β-unsaturated/α-hetero) is 1. The van der Waals surface area contributed by atoms with E-state index in [9.17, 15) is 27.6 Å². The van der Waals surface area contributed by atoms with E-state index in [1.54, 1.807) is 0 Å². The highest BCUT2D eigenvalue weighted by molar-refractivity contribution is 7.17. The number of anilines is 1. The van der Waals surface area contributed by atoms with E-state index in [1.807, 2.05) is 0 Å². The summed E-state index contributed by atoms with van der Waals surface area (Å²) in [6.07, 6.45) is -0.560. The van der Waals surface area contributed by atoms with Crippen LogP contribution in [0, 0.1) is 0 Å². The number of ketones is 1. The molecule has 0 bridgehead atoms. The fourth-order valence-corrected chi connectivity index (χ4v) is 4.51. The van der Waals surface area contributed by atoms with Crippen molar-refractivity contribution in [2.75, 3.05) is 5.32 Å². The van der Waals surface area contributed by atoms with Crippen molar-refractivity contribution in [2.45, 2.75) is 45.3 Å². The summed E-state index contributed by atoms with van der Waals surface area (Å²) in [5.74, 6) is -2.14. The summed E-state index contributed by atoms with van der Waals surface area (Å²) < 4.78 is 39.8. The number of primary amides is 1. The van der Waals surface area contributed by atoms with Crippen molar-refractivity contribution in [2.24, 2.45) is 5.73 Å². The first kappa shape index (κ1) is 20.1. The average molecular weight is 414 g/mol. The Morgan fingerprint density at radius 1 is 1.29 bits per heavy atom. The summed E-state index contributed by atoms with van der Waals surface area (Å²) in [4.78, 5) is 36.6. The molecule has 3 N–H and O–H groups in total. The molecule has 7 nitrogen and oxygen atoms in total. The molecule has 0 spiro atoms. The van der Waals surface area contributed by atoms with Crippen molar-refractivity contribution in [3.63, 3.8) is 0 Å². The molecule has 0 saturated carbocycles. The van der Waals surface area contributed by atoms with E-state index in [0.29, 0.717) is 11.4 Å². The van der Waals surface area contributed by atoms with Crippen molar-refractivity contribution in [1.29, 1.82) is 0 Å². The number of carbonyl (C=O) groups excluding carboxylic acids is 3. The maximum absolute atomic E-state index is 13.0. The van der Waals surface area contributed by atoms with Crippen LogP contribution in [0.4, 0.5) is 18.2 Å². The third-order valence-electron chi connectivity index (χ3n) is 4.39. The second-order valence-corrected chi connectivity index (χ2v) is 7.58. The zero-order chi connectivity index (χ0) is 20.6. The number of rotatable bonds is 5. The summed E-state index contributed by atoms with van der Waals surface area (Å²) in [5, 5.41) is 6.17. The van der Waals surface area contributed by atoms with Gasteiger partial charge in [0.05, 0.1) is 11.1 Å². The molecule has 0 radical (unpaired) electrons. The van der Waals surface area contributed by atoms with Crippen LogP contribution in [0.3, 0.4) is 0 Å². The monoisotopic (exact) mass is 414 g/mol. The molecular formula is C17H17F3N4O3S. The number of hydrogen-bond donors (Lipinski definition) is 2. The predicted molar refractivity (Wildman–Crippen MR) is 95.3 cm³/mol. The SMILES string of the molecule is CC(=O)c1cn(CC(=O)Nc2sc3c(c2C(N)=O)CCCC3)nc1C(F)(F)F. The van der Waals surface area contributed by atoms with E-state index in [0.717, 1.165) is 47.5 Å². The molecule has 2 aromatic heterocycles. The largest absolute Gasteiger partial charge is 0.435 e. The van der Waals surface area contributed by atoms with Gasteiger partial charge >= 0.3 is 6.18 Å². The van der Waals surface area contributed by atoms with Crippen LogP contribution >= 0.6 is 11.3 Å². The number of hydrogen-bond acceptors (Lipinski definition) is 5. The van der Waals surface area contributed by atoms with E-state index in [2.05, 4.69) is 10.4 Å². The van der Waals surface area contributed by atoms with Crippen LogP contribution in [-0.4, -0.2) is 27.4 Å². The number of amides is 2. The van der Waals surface area contributed by atoms with Gasteiger partial charge in [0.15, 0.2) is 11.5 Å². The minimum Gasteiger partial charge on any atom is -0.365 e. The van der Waals surface area contributed by atoms with Gasteiger partial charge in [-0.3, -0.25) is 19.1 Å². The summed E-state index contributed by atoms with van der Waals surface area (Å²) in [5.41, 5.74) is 4.60. The highest BCUT2D eigenvalue weighted by atomic mass is 32.1. The molecule has 1 aliphatic carbocycles. The summed E-state index contributed by atoms with van der Waals surface area (Å²) in [7, 11) is 0. The van der Waals surface area contributed by atoms with Crippen LogP contribution in [0.15, 0.2) is 6.20 Å². The van der Waals surface area contributed by atoms with Gasteiger partial charge in [-0.05, 0) is 38.2 Å². The Morgan fingerprint density at radius 2 is 1.96 bits per heavy atom. The highest BCUT2D eigenvalue weighted by Crippen LogP contribution is 2.38. The number of alkyl halides is 3.